The number of hydrogen-bond donors (Lipinski definition) is 1. The average Bonchev–Trinajstić information content (AvgIpc) is 2.95. The summed E-state index contributed by atoms with van der Waals surface area (Å²) in [6, 6.07) is 7.73. The molecule has 0 bridgehead atoms. The number of hydrogen-bond acceptors (Lipinski definition) is 3. The standard InChI is InChI=1S/C17H24N2O2/c18-13-10-11-19(12-13)17(20)15-8-4-5-9-16(15)21-14-6-2-1-3-7-14/h4-5,8-9,13-14H,1-3,6-7,10-12,18H2. The Morgan fingerprint density at radius 2 is 1.90 bits per heavy atom. The monoisotopic (exact) mass is 288 g/mol. The van der Waals surface area contributed by atoms with E-state index in [2.05, 4.69) is 0 Å². The zero-order valence-electron chi connectivity index (χ0n) is 12.5. The molecule has 2 N–H and O–H groups in total. The van der Waals surface area contributed by atoms with Crippen LogP contribution in [0.4, 0.5) is 0 Å². The maximum atomic E-state index is 12.6. The summed E-state index contributed by atoms with van der Waals surface area (Å²) in [5, 5.41) is 0. The van der Waals surface area contributed by atoms with Gasteiger partial charge in [0.25, 0.3) is 5.91 Å². The van der Waals surface area contributed by atoms with Crippen molar-refractivity contribution < 1.29 is 9.53 Å². The molecule has 1 aliphatic carbocycles. The molecule has 114 valence electrons. The van der Waals surface area contributed by atoms with Crippen LogP contribution in [0.2, 0.25) is 0 Å². The molecule has 1 aromatic rings. The minimum absolute atomic E-state index is 0.0503. The third-order valence-corrected chi connectivity index (χ3v) is 4.48. The van der Waals surface area contributed by atoms with E-state index in [1.165, 1.54) is 19.3 Å². The molecule has 1 saturated carbocycles. The van der Waals surface area contributed by atoms with Gasteiger partial charge in [-0.25, -0.2) is 0 Å². The number of rotatable bonds is 3. The Hall–Kier alpha value is -1.55. The highest BCUT2D eigenvalue weighted by molar-refractivity contribution is 5.97. The van der Waals surface area contributed by atoms with Gasteiger partial charge in [-0.3, -0.25) is 4.79 Å². The molecule has 4 heteroatoms. The summed E-state index contributed by atoms with van der Waals surface area (Å²) in [6.07, 6.45) is 7.08. The van der Waals surface area contributed by atoms with Gasteiger partial charge in [0, 0.05) is 19.1 Å². The van der Waals surface area contributed by atoms with Crippen molar-refractivity contribution in [2.24, 2.45) is 5.73 Å². The maximum Gasteiger partial charge on any atom is 0.257 e. The Kier molecular flexibility index (Phi) is 4.44. The highest BCUT2D eigenvalue weighted by Gasteiger charge is 2.27. The van der Waals surface area contributed by atoms with Gasteiger partial charge in [0.05, 0.1) is 11.7 Å². The fraction of sp³-hybridized carbons (Fsp3) is 0.588. The van der Waals surface area contributed by atoms with Gasteiger partial charge in [-0.05, 0) is 44.2 Å². The van der Waals surface area contributed by atoms with E-state index in [-0.39, 0.29) is 18.1 Å². The summed E-state index contributed by atoms with van der Waals surface area (Å²) < 4.78 is 6.12. The molecule has 1 atom stereocenters. The summed E-state index contributed by atoms with van der Waals surface area (Å²) >= 11 is 0. The van der Waals surface area contributed by atoms with E-state index in [1.54, 1.807) is 0 Å². The van der Waals surface area contributed by atoms with Crippen LogP contribution in [0.15, 0.2) is 24.3 Å². The molecule has 1 unspecified atom stereocenters. The van der Waals surface area contributed by atoms with Crippen LogP contribution in [0.25, 0.3) is 0 Å². The van der Waals surface area contributed by atoms with Gasteiger partial charge in [0.2, 0.25) is 0 Å². The Morgan fingerprint density at radius 1 is 1.14 bits per heavy atom. The van der Waals surface area contributed by atoms with Gasteiger partial charge in [0.15, 0.2) is 0 Å². The summed E-state index contributed by atoms with van der Waals surface area (Å²) in [5.74, 6) is 0.782. The van der Waals surface area contributed by atoms with Crippen LogP contribution in [0.3, 0.4) is 0 Å². The van der Waals surface area contributed by atoms with Gasteiger partial charge >= 0.3 is 0 Å². The molecule has 1 amide bonds. The van der Waals surface area contributed by atoms with Crippen molar-refractivity contribution in [2.45, 2.75) is 50.7 Å². The van der Waals surface area contributed by atoms with E-state index in [0.29, 0.717) is 12.1 Å². The first-order valence-electron chi connectivity index (χ1n) is 8.04. The molecular weight excluding hydrogens is 264 g/mol. The zero-order chi connectivity index (χ0) is 14.7. The molecule has 1 saturated heterocycles. The van der Waals surface area contributed by atoms with Gasteiger partial charge < -0.3 is 15.4 Å². The highest BCUT2D eigenvalue weighted by atomic mass is 16.5. The second kappa shape index (κ2) is 6.48. The molecule has 3 rings (SSSR count). The van der Waals surface area contributed by atoms with E-state index < -0.39 is 0 Å². The predicted molar refractivity (Wildman–Crippen MR) is 82.4 cm³/mol. The Balaban J connectivity index is 1.74. The number of nitrogens with zero attached hydrogens (tertiary/aromatic N) is 1. The van der Waals surface area contributed by atoms with Crippen molar-refractivity contribution in [2.75, 3.05) is 13.1 Å². The lowest BCUT2D eigenvalue weighted by Crippen LogP contribution is -2.32. The summed E-state index contributed by atoms with van der Waals surface area (Å²) in [4.78, 5) is 14.5. The predicted octanol–water partition coefficient (Wildman–Crippen LogP) is 2.57. The summed E-state index contributed by atoms with van der Waals surface area (Å²) in [7, 11) is 0. The van der Waals surface area contributed by atoms with Gasteiger partial charge in [-0.1, -0.05) is 18.6 Å². The lowest BCUT2D eigenvalue weighted by Gasteiger charge is -2.25. The first kappa shape index (κ1) is 14.4. The topological polar surface area (TPSA) is 55.6 Å². The second-order valence-electron chi connectivity index (χ2n) is 6.17. The molecule has 0 aromatic heterocycles. The SMILES string of the molecule is NC1CCN(C(=O)c2ccccc2OC2CCCCC2)C1. The van der Waals surface area contributed by atoms with Crippen LogP contribution in [-0.2, 0) is 0 Å². The van der Waals surface area contributed by atoms with Crippen LogP contribution in [0.5, 0.6) is 5.75 Å². The molecule has 2 fully saturated rings. The van der Waals surface area contributed by atoms with Crippen LogP contribution >= 0.6 is 0 Å². The number of likely N-dealkylation sites (tertiary alicyclic amines) is 1. The zero-order valence-corrected chi connectivity index (χ0v) is 12.5. The lowest BCUT2D eigenvalue weighted by atomic mass is 9.97. The smallest absolute Gasteiger partial charge is 0.257 e. The Bertz CT molecular complexity index is 497. The minimum atomic E-state index is 0.0503. The maximum absolute atomic E-state index is 12.6. The first-order valence-corrected chi connectivity index (χ1v) is 8.04. The molecule has 1 aromatic carbocycles. The van der Waals surface area contributed by atoms with Gasteiger partial charge in [-0.2, -0.15) is 0 Å². The Labute approximate surface area is 126 Å². The van der Waals surface area contributed by atoms with Crippen LogP contribution < -0.4 is 10.5 Å². The van der Waals surface area contributed by atoms with Gasteiger partial charge in [-0.15, -0.1) is 0 Å². The summed E-state index contributed by atoms with van der Waals surface area (Å²) in [6.45, 7) is 1.40. The number of carbonyl (C=O) groups excluding carboxylic acids is 1. The van der Waals surface area contributed by atoms with E-state index in [0.717, 1.165) is 31.6 Å². The van der Waals surface area contributed by atoms with Crippen molar-refractivity contribution in [3.8, 4) is 5.75 Å². The second-order valence-corrected chi connectivity index (χ2v) is 6.17. The van der Waals surface area contributed by atoms with Crippen LogP contribution in [0, 0.1) is 0 Å². The third-order valence-electron chi connectivity index (χ3n) is 4.48. The molecule has 4 nitrogen and oxygen atoms in total. The van der Waals surface area contributed by atoms with Crippen LogP contribution in [-0.4, -0.2) is 36.0 Å². The van der Waals surface area contributed by atoms with Crippen LogP contribution in [0.1, 0.15) is 48.9 Å². The fourth-order valence-electron chi connectivity index (χ4n) is 3.25. The average molecular weight is 288 g/mol. The van der Waals surface area contributed by atoms with Crippen molar-refractivity contribution in [3.63, 3.8) is 0 Å². The minimum Gasteiger partial charge on any atom is -0.490 e. The fourth-order valence-corrected chi connectivity index (χ4v) is 3.25. The number of benzene rings is 1. The Morgan fingerprint density at radius 3 is 2.62 bits per heavy atom. The number of para-hydroxylation sites is 1. The number of nitrogens with two attached hydrogens (primary N) is 1. The van der Waals surface area contributed by atoms with E-state index in [9.17, 15) is 4.79 Å². The number of carbonyl (C=O) groups is 1. The normalized spacial score (nSPS) is 23.3. The highest BCUT2D eigenvalue weighted by Crippen LogP contribution is 2.27. The molecule has 21 heavy (non-hydrogen) atoms. The lowest BCUT2D eigenvalue weighted by molar-refractivity contribution is 0.0780. The quantitative estimate of drug-likeness (QED) is 0.930. The van der Waals surface area contributed by atoms with Crippen molar-refractivity contribution in [1.82, 2.24) is 4.90 Å². The third kappa shape index (κ3) is 3.38. The van der Waals surface area contributed by atoms with E-state index >= 15 is 0 Å². The largest absolute Gasteiger partial charge is 0.490 e. The van der Waals surface area contributed by atoms with Crippen molar-refractivity contribution in [1.29, 1.82) is 0 Å². The first-order chi connectivity index (χ1) is 10.2. The van der Waals surface area contributed by atoms with E-state index in [4.69, 9.17) is 10.5 Å². The summed E-state index contributed by atoms with van der Waals surface area (Å²) in [5.41, 5.74) is 6.58. The molecule has 2 aliphatic rings. The number of amides is 1. The van der Waals surface area contributed by atoms with Crippen molar-refractivity contribution in [3.05, 3.63) is 29.8 Å². The van der Waals surface area contributed by atoms with Crippen molar-refractivity contribution >= 4 is 5.91 Å². The molecule has 0 spiro atoms. The van der Waals surface area contributed by atoms with Gasteiger partial charge in [0.1, 0.15) is 5.75 Å². The van der Waals surface area contributed by atoms with E-state index in [1.807, 2.05) is 29.2 Å². The molecule has 1 heterocycles. The molecule has 1 aliphatic heterocycles. The number of ether oxygens (including phenoxy) is 1. The molecular formula is C17H24N2O2. The molecule has 0 radical (unpaired) electrons.